The fourth-order valence-electron chi connectivity index (χ4n) is 0.638. The zero-order valence-electron chi connectivity index (χ0n) is 7.05. The molecule has 4 nitrogen and oxygen atoms in total. The molecule has 0 aliphatic carbocycles. The van der Waals surface area contributed by atoms with E-state index >= 15 is 0 Å². The van der Waals surface area contributed by atoms with E-state index in [9.17, 15) is 8.42 Å². The van der Waals surface area contributed by atoms with E-state index in [1.807, 2.05) is 0 Å². The summed E-state index contributed by atoms with van der Waals surface area (Å²) in [5.74, 6) is 0. The predicted octanol–water partition coefficient (Wildman–Crippen LogP) is 0.529. The van der Waals surface area contributed by atoms with Gasteiger partial charge in [-0.05, 0) is 12.8 Å². The zero-order chi connectivity index (χ0) is 9.45. The van der Waals surface area contributed by atoms with Gasteiger partial charge >= 0.3 is 0 Å². The van der Waals surface area contributed by atoms with Gasteiger partial charge in [0, 0.05) is 20.3 Å². The van der Waals surface area contributed by atoms with Gasteiger partial charge < -0.3 is 4.74 Å². The summed E-state index contributed by atoms with van der Waals surface area (Å²) in [7, 11) is -1.62. The van der Waals surface area contributed by atoms with Crippen LogP contribution in [0, 0.1) is 0 Å². The minimum absolute atomic E-state index is 0.378. The molecule has 0 aromatic heterocycles. The number of halogens is 1. The van der Waals surface area contributed by atoms with Gasteiger partial charge in [0.2, 0.25) is 10.0 Å². The minimum Gasteiger partial charge on any atom is -0.385 e. The van der Waals surface area contributed by atoms with Gasteiger partial charge in [0.15, 0.2) is 0 Å². The highest BCUT2D eigenvalue weighted by atomic mass is 35.5. The molecule has 0 saturated carbocycles. The number of hydrogen-bond acceptors (Lipinski definition) is 3. The van der Waals surface area contributed by atoms with Crippen molar-refractivity contribution in [3.63, 3.8) is 0 Å². The van der Waals surface area contributed by atoms with Gasteiger partial charge in [-0.2, -0.15) is 0 Å². The third-order valence-electron chi connectivity index (χ3n) is 1.24. The lowest BCUT2D eigenvalue weighted by atomic mass is 10.3. The molecule has 0 aromatic rings. The SMILES string of the molecule is COCCCCNS(=O)(=O)CCl. The first-order chi connectivity index (χ1) is 5.62. The summed E-state index contributed by atoms with van der Waals surface area (Å²) in [4.78, 5) is 0. The maximum atomic E-state index is 10.8. The molecule has 6 heteroatoms. The Balaban J connectivity index is 3.32. The van der Waals surface area contributed by atoms with Gasteiger partial charge in [-0.25, -0.2) is 13.1 Å². The Bertz CT molecular complexity index is 193. The number of rotatable bonds is 7. The number of methoxy groups -OCH3 is 1. The number of hydrogen-bond donors (Lipinski definition) is 1. The maximum Gasteiger partial charge on any atom is 0.225 e. The number of nitrogens with one attached hydrogen (secondary N) is 1. The van der Waals surface area contributed by atoms with Crippen LogP contribution in [0.5, 0.6) is 0 Å². The second kappa shape index (κ2) is 6.65. The molecule has 0 fully saturated rings. The smallest absolute Gasteiger partial charge is 0.225 e. The number of ether oxygens (including phenoxy) is 1. The highest BCUT2D eigenvalue weighted by molar-refractivity contribution is 7.90. The Morgan fingerprint density at radius 3 is 2.58 bits per heavy atom. The average Bonchev–Trinajstić information content (AvgIpc) is 2.04. The molecule has 0 atom stereocenters. The van der Waals surface area contributed by atoms with Crippen LogP contribution in [-0.2, 0) is 14.8 Å². The van der Waals surface area contributed by atoms with Crippen molar-refractivity contribution < 1.29 is 13.2 Å². The van der Waals surface area contributed by atoms with E-state index in [1.54, 1.807) is 7.11 Å². The lowest BCUT2D eigenvalue weighted by molar-refractivity contribution is 0.193. The van der Waals surface area contributed by atoms with Crippen LogP contribution in [0.1, 0.15) is 12.8 Å². The summed E-state index contributed by atoms with van der Waals surface area (Å²) < 4.78 is 28.7. The first kappa shape index (κ1) is 12.2. The van der Waals surface area contributed by atoms with Crippen LogP contribution >= 0.6 is 11.6 Å². The van der Waals surface area contributed by atoms with Gasteiger partial charge in [0.1, 0.15) is 5.21 Å². The van der Waals surface area contributed by atoms with Crippen molar-refractivity contribution in [2.45, 2.75) is 12.8 Å². The molecule has 0 aliphatic heterocycles. The molecule has 0 radical (unpaired) electrons. The largest absolute Gasteiger partial charge is 0.385 e. The normalized spacial score (nSPS) is 11.8. The van der Waals surface area contributed by atoms with E-state index in [-0.39, 0.29) is 5.21 Å². The molecule has 1 N–H and O–H groups in total. The second-order valence-electron chi connectivity index (χ2n) is 2.32. The predicted molar refractivity (Wildman–Crippen MR) is 48.8 cm³/mol. The first-order valence-electron chi connectivity index (χ1n) is 3.64. The van der Waals surface area contributed by atoms with Crippen LogP contribution in [0.2, 0.25) is 0 Å². The Hall–Kier alpha value is 0.160. The van der Waals surface area contributed by atoms with E-state index in [4.69, 9.17) is 16.3 Å². The van der Waals surface area contributed by atoms with Gasteiger partial charge in [-0.3, -0.25) is 0 Å². The fourth-order valence-corrected chi connectivity index (χ4v) is 1.40. The molecule has 0 unspecified atom stereocenters. The van der Waals surface area contributed by atoms with E-state index < -0.39 is 10.0 Å². The van der Waals surface area contributed by atoms with E-state index in [2.05, 4.69) is 4.72 Å². The van der Waals surface area contributed by atoms with Crippen molar-refractivity contribution in [3.05, 3.63) is 0 Å². The van der Waals surface area contributed by atoms with Crippen LogP contribution in [0.3, 0.4) is 0 Å². The summed E-state index contributed by atoms with van der Waals surface area (Å²) in [6.07, 6.45) is 1.62. The highest BCUT2D eigenvalue weighted by Crippen LogP contribution is 1.91. The first-order valence-corrected chi connectivity index (χ1v) is 5.83. The molecule has 0 aromatic carbocycles. The summed E-state index contributed by atoms with van der Waals surface area (Å²) in [6.45, 7) is 1.08. The molecule has 0 aliphatic rings. The fraction of sp³-hybridized carbons (Fsp3) is 1.00. The van der Waals surface area contributed by atoms with Crippen molar-refractivity contribution in [1.82, 2.24) is 4.72 Å². The molecular weight excluding hydrogens is 202 g/mol. The van der Waals surface area contributed by atoms with Gasteiger partial charge in [-0.1, -0.05) is 0 Å². The van der Waals surface area contributed by atoms with Crippen LogP contribution < -0.4 is 4.72 Å². The quantitative estimate of drug-likeness (QED) is 0.498. The van der Waals surface area contributed by atoms with Gasteiger partial charge in [-0.15, -0.1) is 11.6 Å². The molecule has 0 spiro atoms. The molecule has 0 bridgehead atoms. The number of sulfonamides is 1. The van der Waals surface area contributed by atoms with Crippen LogP contribution in [0.4, 0.5) is 0 Å². The highest BCUT2D eigenvalue weighted by Gasteiger charge is 2.05. The maximum absolute atomic E-state index is 10.8. The number of unbranched alkanes of at least 4 members (excludes halogenated alkanes) is 1. The van der Waals surface area contributed by atoms with Crippen molar-refractivity contribution in [2.75, 3.05) is 25.5 Å². The molecule has 0 saturated heterocycles. The molecule has 0 amide bonds. The topological polar surface area (TPSA) is 55.4 Å². The summed E-state index contributed by atoms with van der Waals surface area (Å²) in [5, 5.41) is -0.378. The summed E-state index contributed by atoms with van der Waals surface area (Å²) in [5.41, 5.74) is 0. The minimum atomic E-state index is -3.23. The Kier molecular flexibility index (Phi) is 6.74. The van der Waals surface area contributed by atoms with Crippen molar-refractivity contribution in [1.29, 1.82) is 0 Å². The summed E-state index contributed by atoms with van der Waals surface area (Å²) >= 11 is 5.16. The van der Waals surface area contributed by atoms with Crippen molar-refractivity contribution in [3.8, 4) is 0 Å². The van der Waals surface area contributed by atoms with E-state index in [0.717, 1.165) is 12.8 Å². The Morgan fingerprint density at radius 1 is 1.42 bits per heavy atom. The average molecular weight is 216 g/mol. The second-order valence-corrected chi connectivity index (χ2v) is 4.71. The third-order valence-corrected chi connectivity index (χ3v) is 3.03. The van der Waals surface area contributed by atoms with Crippen LogP contribution in [0.25, 0.3) is 0 Å². The lowest BCUT2D eigenvalue weighted by Crippen LogP contribution is -2.25. The lowest BCUT2D eigenvalue weighted by Gasteiger charge is -2.02. The van der Waals surface area contributed by atoms with E-state index in [0.29, 0.717) is 13.2 Å². The Labute approximate surface area is 78.3 Å². The molecule has 12 heavy (non-hydrogen) atoms. The van der Waals surface area contributed by atoms with E-state index in [1.165, 1.54) is 0 Å². The van der Waals surface area contributed by atoms with Gasteiger partial charge in [0.05, 0.1) is 0 Å². The molecule has 0 heterocycles. The third kappa shape index (κ3) is 6.84. The van der Waals surface area contributed by atoms with Crippen molar-refractivity contribution in [2.24, 2.45) is 0 Å². The van der Waals surface area contributed by atoms with Crippen molar-refractivity contribution >= 4 is 21.6 Å². The van der Waals surface area contributed by atoms with Crippen LogP contribution in [-0.4, -0.2) is 33.9 Å². The monoisotopic (exact) mass is 215 g/mol. The van der Waals surface area contributed by atoms with Gasteiger partial charge in [0.25, 0.3) is 0 Å². The summed E-state index contributed by atoms with van der Waals surface area (Å²) in [6, 6.07) is 0. The zero-order valence-corrected chi connectivity index (χ0v) is 8.62. The molecule has 74 valence electrons. The standard InChI is InChI=1S/C6H14ClNO3S/c1-11-5-3-2-4-8-12(9,10)6-7/h8H,2-6H2,1H3. The molecule has 0 rings (SSSR count). The van der Waals surface area contributed by atoms with Crippen LogP contribution in [0.15, 0.2) is 0 Å². The number of alkyl halides is 1. The Morgan fingerprint density at radius 2 is 2.08 bits per heavy atom. The molecular formula is C6H14ClNO3S.